The van der Waals surface area contributed by atoms with Crippen LogP contribution < -0.4 is 0 Å². The maximum atomic E-state index is 11.8. The molecule has 2 aromatic carbocycles. The van der Waals surface area contributed by atoms with Gasteiger partial charge in [0.15, 0.2) is 6.29 Å². The van der Waals surface area contributed by atoms with Crippen LogP contribution in [0.5, 0.6) is 0 Å². The molecule has 0 radical (unpaired) electrons. The normalized spacial score (nSPS) is 14.3. The van der Waals surface area contributed by atoms with E-state index in [0.29, 0.717) is 0 Å². The van der Waals surface area contributed by atoms with Gasteiger partial charge in [-0.05, 0) is 62.0 Å². The number of benzene rings is 2. The summed E-state index contributed by atoms with van der Waals surface area (Å²) < 4.78 is 2.35. The van der Waals surface area contributed by atoms with E-state index in [9.17, 15) is 9.59 Å². The lowest BCUT2D eigenvalue weighted by atomic mass is 9.92. The molecule has 29 heavy (non-hydrogen) atoms. The minimum atomic E-state index is 0.723. The number of carbonyl (C=O) groups excluding carboxylic acids is 2. The number of aldehydes is 2. The SMILES string of the molecule is Cc1sc2cc(C=O)ccc2c1C1=C(c2c(C)sc3cccc(C=O)c23)CCC1. The van der Waals surface area contributed by atoms with Gasteiger partial charge in [-0.1, -0.05) is 24.3 Å². The number of rotatable bonds is 4. The zero-order valence-electron chi connectivity index (χ0n) is 16.4. The zero-order chi connectivity index (χ0) is 20.1. The number of aryl methyl sites for hydroxylation is 2. The highest BCUT2D eigenvalue weighted by Gasteiger charge is 2.26. The van der Waals surface area contributed by atoms with Crippen LogP contribution in [0.2, 0.25) is 0 Å². The summed E-state index contributed by atoms with van der Waals surface area (Å²) in [7, 11) is 0. The van der Waals surface area contributed by atoms with Gasteiger partial charge in [0.25, 0.3) is 0 Å². The first-order valence-electron chi connectivity index (χ1n) is 9.80. The maximum absolute atomic E-state index is 11.8. The molecule has 0 N–H and O–H groups in total. The summed E-state index contributed by atoms with van der Waals surface area (Å²) in [6.07, 6.45) is 5.12. The maximum Gasteiger partial charge on any atom is 0.150 e. The first-order valence-corrected chi connectivity index (χ1v) is 11.4. The molecule has 2 aromatic heterocycles. The smallest absolute Gasteiger partial charge is 0.150 e. The molecule has 0 saturated carbocycles. The number of fused-ring (bicyclic) bond motifs is 2. The van der Waals surface area contributed by atoms with E-state index in [2.05, 4.69) is 26.0 Å². The van der Waals surface area contributed by atoms with Crippen LogP contribution in [-0.4, -0.2) is 12.6 Å². The lowest BCUT2D eigenvalue weighted by molar-refractivity contribution is 0.111. The van der Waals surface area contributed by atoms with Gasteiger partial charge in [-0.3, -0.25) is 9.59 Å². The third kappa shape index (κ3) is 2.82. The van der Waals surface area contributed by atoms with Crippen LogP contribution in [0.25, 0.3) is 31.3 Å². The van der Waals surface area contributed by atoms with Crippen molar-refractivity contribution < 1.29 is 9.59 Å². The fourth-order valence-electron chi connectivity index (χ4n) is 4.73. The molecule has 144 valence electrons. The van der Waals surface area contributed by atoms with Crippen LogP contribution in [0.4, 0.5) is 0 Å². The predicted octanol–water partition coefficient (Wildman–Crippen LogP) is 7.45. The van der Waals surface area contributed by atoms with Gasteiger partial charge < -0.3 is 0 Å². The van der Waals surface area contributed by atoms with Crippen molar-refractivity contribution in [3.8, 4) is 0 Å². The standard InChI is InChI=1S/C25H20O2S2/c1-14-23(20-10-9-16(12-26)11-22(20)29-14)18-6-4-7-19(18)24-15(2)28-21-8-3-5-17(13-27)25(21)24/h3,5,8-13H,4,6-7H2,1-2H3. The lowest BCUT2D eigenvalue weighted by Crippen LogP contribution is -1.91. The number of allylic oxidation sites excluding steroid dienone is 2. The second-order valence-electron chi connectivity index (χ2n) is 7.59. The van der Waals surface area contributed by atoms with Crippen molar-refractivity contribution in [3.05, 3.63) is 68.4 Å². The van der Waals surface area contributed by atoms with Gasteiger partial charge in [-0.15, -0.1) is 22.7 Å². The molecule has 0 aliphatic heterocycles. The van der Waals surface area contributed by atoms with Crippen molar-refractivity contribution >= 4 is 66.6 Å². The molecule has 4 heteroatoms. The average molecular weight is 417 g/mol. The third-order valence-corrected chi connectivity index (χ3v) is 8.04. The van der Waals surface area contributed by atoms with E-state index in [4.69, 9.17) is 0 Å². The molecule has 0 atom stereocenters. The van der Waals surface area contributed by atoms with E-state index in [1.807, 2.05) is 24.3 Å². The van der Waals surface area contributed by atoms with Crippen molar-refractivity contribution in [3.63, 3.8) is 0 Å². The highest BCUT2D eigenvalue weighted by molar-refractivity contribution is 7.19. The Labute approximate surface area is 177 Å². The Hall–Kier alpha value is -2.56. The van der Waals surface area contributed by atoms with E-state index < -0.39 is 0 Å². The minimum absolute atomic E-state index is 0.723. The largest absolute Gasteiger partial charge is 0.298 e. The van der Waals surface area contributed by atoms with Gasteiger partial charge in [-0.2, -0.15) is 0 Å². The van der Waals surface area contributed by atoms with E-state index in [1.165, 1.54) is 46.8 Å². The van der Waals surface area contributed by atoms with Crippen molar-refractivity contribution in [2.24, 2.45) is 0 Å². The van der Waals surface area contributed by atoms with Crippen molar-refractivity contribution in [2.45, 2.75) is 33.1 Å². The van der Waals surface area contributed by atoms with Gasteiger partial charge in [0.1, 0.15) is 6.29 Å². The molecule has 4 aromatic rings. The Balaban J connectivity index is 1.81. The predicted molar refractivity (Wildman–Crippen MR) is 125 cm³/mol. The molecule has 0 amide bonds. The number of thiophene rings is 2. The summed E-state index contributed by atoms with van der Waals surface area (Å²) >= 11 is 3.54. The molecule has 0 saturated heterocycles. The van der Waals surface area contributed by atoms with Crippen LogP contribution in [0.3, 0.4) is 0 Å². The summed E-state index contributed by atoms with van der Waals surface area (Å²) in [5.74, 6) is 0. The average Bonchev–Trinajstić information content (AvgIpc) is 3.40. The van der Waals surface area contributed by atoms with Gasteiger partial charge in [0.05, 0.1) is 0 Å². The number of hydrogen-bond donors (Lipinski definition) is 0. The second-order valence-corrected chi connectivity index (χ2v) is 10.1. The summed E-state index contributed by atoms with van der Waals surface area (Å²) in [4.78, 5) is 25.5. The van der Waals surface area contributed by atoms with Crippen LogP contribution in [0, 0.1) is 13.8 Å². The van der Waals surface area contributed by atoms with E-state index in [1.54, 1.807) is 22.7 Å². The van der Waals surface area contributed by atoms with Gasteiger partial charge >= 0.3 is 0 Å². The van der Waals surface area contributed by atoms with Gasteiger partial charge in [-0.25, -0.2) is 0 Å². The van der Waals surface area contributed by atoms with Crippen molar-refractivity contribution in [2.75, 3.05) is 0 Å². The van der Waals surface area contributed by atoms with Gasteiger partial charge in [0, 0.05) is 46.6 Å². The summed E-state index contributed by atoms with van der Waals surface area (Å²) in [5.41, 5.74) is 6.91. The highest BCUT2D eigenvalue weighted by atomic mass is 32.1. The van der Waals surface area contributed by atoms with Crippen LogP contribution in [0.15, 0.2) is 36.4 Å². The summed E-state index contributed by atoms with van der Waals surface area (Å²) in [6, 6.07) is 12.0. The molecule has 1 aliphatic carbocycles. The molecule has 2 heterocycles. The fraction of sp³-hybridized carbons (Fsp3) is 0.200. The van der Waals surface area contributed by atoms with Crippen LogP contribution in [0.1, 0.15) is 60.9 Å². The molecule has 0 bridgehead atoms. The molecular formula is C25H20O2S2. The Morgan fingerprint density at radius 2 is 1.55 bits per heavy atom. The Morgan fingerprint density at radius 3 is 2.31 bits per heavy atom. The summed E-state index contributed by atoms with van der Waals surface area (Å²) in [5, 5.41) is 2.35. The molecule has 1 aliphatic rings. The topological polar surface area (TPSA) is 34.1 Å². The highest BCUT2D eigenvalue weighted by Crippen LogP contribution is 2.49. The van der Waals surface area contributed by atoms with Crippen molar-refractivity contribution in [1.29, 1.82) is 0 Å². The second kappa shape index (κ2) is 7.05. The fourth-order valence-corrected chi connectivity index (χ4v) is 7.00. The third-order valence-electron chi connectivity index (χ3n) is 5.90. The molecule has 0 unspecified atom stereocenters. The van der Waals surface area contributed by atoms with E-state index in [0.717, 1.165) is 48.3 Å². The lowest BCUT2D eigenvalue weighted by Gasteiger charge is -2.11. The molecular weight excluding hydrogens is 396 g/mol. The first-order chi connectivity index (χ1) is 14.1. The number of hydrogen-bond acceptors (Lipinski definition) is 4. The molecule has 0 fully saturated rings. The Morgan fingerprint density at radius 1 is 0.828 bits per heavy atom. The Kier molecular flexibility index (Phi) is 4.49. The molecule has 0 spiro atoms. The minimum Gasteiger partial charge on any atom is -0.298 e. The van der Waals surface area contributed by atoms with E-state index >= 15 is 0 Å². The van der Waals surface area contributed by atoms with Crippen LogP contribution in [-0.2, 0) is 0 Å². The van der Waals surface area contributed by atoms with Crippen LogP contribution >= 0.6 is 22.7 Å². The monoisotopic (exact) mass is 416 g/mol. The van der Waals surface area contributed by atoms with E-state index in [-0.39, 0.29) is 0 Å². The van der Waals surface area contributed by atoms with Crippen molar-refractivity contribution in [1.82, 2.24) is 0 Å². The molecule has 2 nitrogen and oxygen atoms in total. The number of carbonyl (C=O) groups is 2. The Bertz CT molecular complexity index is 1330. The quantitative estimate of drug-likeness (QED) is 0.324. The first kappa shape index (κ1) is 18.5. The zero-order valence-corrected chi connectivity index (χ0v) is 18.0. The van der Waals surface area contributed by atoms with Gasteiger partial charge in [0.2, 0.25) is 0 Å². The summed E-state index contributed by atoms with van der Waals surface area (Å²) in [6.45, 7) is 4.35. The molecule has 5 rings (SSSR count).